The topological polar surface area (TPSA) is 53.1 Å². The van der Waals surface area contributed by atoms with E-state index in [4.69, 9.17) is 22.1 Å². The lowest BCUT2D eigenvalue weighted by molar-refractivity contribution is 0.303. The van der Waals surface area contributed by atoms with Crippen molar-refractivity contribution in [2.24, 2.45) is 5.73 Å². The molecule has 0 aliphatic carbocycles. The number of benzene rings is 1. The SMILES string of the molecule is CCn1cc(COc2cc(Cl)ccc2CN)cn1. The van der Waals surface area contributed by atoms with Gasteiger partial charge in [0.25, 0.3) is 0 Å². The predicted molar refractivity (Wildman–Crippen MR) is 71.6 cm³/mol. The Morgan fingerprint density at radius 2 is 2.28 bits per heavy atom. The number of hydrogen-bond acceptors (Lipinski definition) is 3. The normalized spacial score (nSPS) is 10.6. The molecule has 1 aromatic heterocycles. The molecule has 5 heteroatoms. The summed E-state index contributed by atoms with van der Waals surface area (Å²) in [6, 6.07) is 5.48. The van der Waals surface area contributed by atoms with Gasteiger partial charge in [-0.2, -0.15) is 5.10 Å². The Balaban J connectivity index is 2.07. The molecule has 0 radical (unpaired) electrons. The minimum Gasteiger partial charge on any atom is -0.488 e. The first-order valence-electron chi connectivity index (χ1n) is 5.85. The average Bonchev–Trinajstić information content (AvgIpc) is 2.84. The quantitative estimate of drug-likeness (QED) is 0.904. The van der Waals surface area contributed by atoms with Crippen LogP contribution in [0.5, 0.6) is 5.75 Å². The molecule has 2 aromatic rings. The maximum absolute atomic E-state index is 5.94. The van der Waals surface area contributed by atoms with Crippen molar-refractivity contribution >= 4 is 11.6 Å². The number of nitrogens with zero attached hydrogens (tertiary/aromatic N) is 2. The summed E-state index contributed by atoms with van der Waals surface area (Å²) in [5.41, 5.74) is 7.63. The lowest BCUT2D eigenvalue weighted by atomic mass is 10.2. The molecule has 0 fully saturated rings. The third kappa shape index (κ3) is 3.03. The molecule has 0 aliphatic heterocycles. The fraction of sp³-hybridized carbons (Fsp3) is 0.308. The van der Waals surface area contributed by atoms with Crippen molar-refractivity contribution < 1.29 is 4.74 Å². The summed E-state index contributed by atoms with van der Waals surface area (Å²) in [6.07, 6.45) is 3.77. The molecule has 0 unspecified atom stereocenters. The lowest BCUT2D eigenvalue weighted by Crippen LogP contribution is -2.02. The second-order valence-corrected chi connectivity index (χ2v) is 4.39. The number of halogens is 1. The standard InChI is InChI=1S/C13H16ClN3O/c1-2-17-8-10(7-16-17)9-18-13-5-12(14)4-3-11(13)6-15/h3-5,7-8H,2,6,9,15H2,1H3. The molecular weight excluding hydrogens is 250 g/mol. The summed E-state index contributed by atoms with van der Waals surface area (Å²) in [5, 5.41) is 4.84. The van der Waals surface area contributed by atoms with Crippen molar-refractivity contribution in [3.05, 3.63) is 46.7 Å². The van der Waals surface area contributed by atoms with Gasteiger partial charge < -0.3 is 10.5 Å². The van der Waals surface area contributed by atoms with E-state index in [0.29, 0.717) is 18.2 Å². The molecule has 96 valence electrons. The second-order valence-electron chi connectivity index (χ2n) is 3.95. The lowest BCUT2D eigenvalue weighted by Gasteiger charge is -2.09. The number of ether oxygens (including phenoxy) is 1. The first kappa shape index (κ1) is 12.9. The average molecular weight is 266 g/mol. The van der Waals surface area contributed by atoms with E-state index in [-0.39, 0.29) is 0 Å². The molecule has 4 nitrogen and oxygen atoms in total. The van der Waals surface area contributed by atoms with Crippen LogP contribution < -0.4 is 10.5 Å². The van der Waals surface area contributed by atoms with Gasteiger partial charge in [0.15, 0.2) is 0 Å². The van der Waals surface area contributed by atoms with E-state index in [9.17, 15) is 0 Å². The highest BCUT2D eigenvalue weighted by Crippen LogP contribution is 2.23. The highest BCUT2D eigenvalue weighted by molar-refractivity contribution is 6.30. The fourth-order valence-corrected chi connectivity index (χ4v) is 1.81. The number of hydrogen-bond donors (Lipinski definition) is 1. The largest absolute Gasteiger partial charge is 0.488 e. The van der Waals surface area contributed by atoms with Gasteiger partial charge in [0.1, 0.15) is 12.4 Å². The molecular formula is C13H16ClN3O. The Kier molecular flexibility index (Phi) is 4.23. The second kappa shape index (κ2) is 5.89. The predicted octanol–water partition coefficient (Wildman–Crippen LogP) is 2.59. The highest BCUT2D eigenvalue weighted by Gasteiger charge is 2.05. The molecule has 18 heavy (non-hydrogen) atoms. The first-order chi connectivity index (χ1) is 8.72. The summed E-state index contributed by atoms with van der Waals surface area (Å²) in [6.45, 7) is 3.79. The van der Waals surface area contributed by atoms with Gasteiger partial charge in [0.2, 0.25) is 0 Å². The zero-order chi connectivity index (χ0) is 13.0. The maximum Gasteiger partial charge on any atom is 0.125 e. The molecule has 0 bridgehead atoms. The van der Waals surface area contributed by atoms with Gasteiger partial charge in [0.05, 0.1) is 6.20 Å². The summed E-state index contributed by atoms with van der Waals surface area (Å²) in [5.74, 6) is 0.731. The van der Waals surface area contributed by atoms with Crippen LogP contribution in [-0.2, 0) is 19.7 Å². The Bertz CT molecular complexity index is 525. The van der Waals surface area contributed by atoms with Crippen molar-refractivity contribution in [3.8, 4) is 5.75 Å². The molecule has 0 amide bonds. The third-order valence-electron chi connectivity index (χ3n) is 2.65. The van der Waals surface area contributed by atoms with Crippen LogP contribution in [0.4, 0.5) is 0 Å². The number of rotatable bonds is 5. The summed E-state index contributed by atoms with van der Waals surface area (Å²) < 4.78 is 7.60. The van der Waals surface area contributed by atoms with Gasteiger partial charge in [-0.15, -0.1) is 0 Å². The van der Waals surface area contributed by atoms with Crippen LogP contribution in [0.3, 0.4) is 0 Å². The van der Waals surface area contributed by atoms with E-state index in [2.05, 4.69) is 5.10 Å². The summed E-state index contributed by atoms with van der Waals surface area (Å²) >= 11 is 5.94. The monoisotopic (exact) mass is 265 g/mol. The van der Waals surface area contributed by atoms with Crippen LogP contribution in [0.25, 0.3) is 0 Å². The minimum absolute atomic E-state index is 0.431. The van der Waals surface area contributed by atoms with Gasteiger partial charge >= 0.3 is 0 Å². The molecule has 2 N–H and O–H groups in total. The van der Waals surface area contributed by atoms with E-state index < -0.39 is 0 Å². The highest BCUT2D eigenvalue weighted by atomic mass is 35.5. The van der Waals surface area contributed by atoms with Crippen molar-refractivity contribution in [1.29, 1.82) is 0 Å². The van der Waals surface area contributed by atoms with Gasteiger partial charge in [-0.1, -0.05) is 17.7 Å². The fourth-order valence-electron chi connectivity index (χ4n) is 1.65. The summed E-state index contributed by atoms with van der Waals surface area (Å²) in [4.78, 5) is 0. The van der Waals surface area contributed by atoms with E-state index in [1.165, 1.54) is 0 Å². The Labute approximate surface area is 111 Å². The van der Waals surface area contributed by atoms with Crippen LogP contribution in [0, 0.1) is 0 Å². The maximum atomic E-state index is 5.94. The molecule has 0 spiro atoms. The van der Waals surface area contributed by atoms with Crippen molar-refractivity contribution in [2.75, 3.05) is 0 Å². The van der Waals surface area contributed by atoms with Crippen molar-refractivity contribution in [3.63, 3.8) is 0 Å². The van der Waals surface area contributed by atoms with Crippen LogP contribution in [0.2, 0.25) is 5.02 Å². The smallest absolute Gasteiger partial charge is 0.125 e. The van der Waals surface area contributed by atoms with Crippen LogP contribution in [-0.4, -0.2) is 9.78 Å². The zero-order valence-corrected chi connectivity index (χ0v) is 11.0. The summed E-state index contributed by atoms with van der Waals surface area (Å²) in [7, 11) is 0. The number of aryl methyl sites for hydroxylation is 1. The minimum atomic E-state index is 0.431. The number of nitrogens with two attached hydrogens (primary N) is 1. The van der Waals surface area contributed by atoms with E-state index >= 15 is 0 Å². The molecule has 0 atom stereocenters. The van der Waals surface area contributed by atoms with Gasteiger partial charge in [-0.25, -0.2) is 0 Å². The Hall–Kier alpha value is -1.52. The van der Waals surface area contributed by atoms with Crippen LogP contribution >= 0.6 is 11.6 Å². The van der Waals surface area contributed by atoms with Crippen molar-refractivity contribution in [1.82, 2.24) is 9.78 Å². The zero-order valence-electron chi connectivity index (χ0n) is 10.3. The Morgan fingerprint density at radius 1 is 1.44 bits per heavy atom. The first-order valence-corrected chi connectivity index (χ1v) is 6.23. The van der Waals surface area contributed by atoms with Crippen LogP contribution in [0.15, 0.2) is 30.6 Å². The number of aromatic nitrogens is 2. The molecule has 1 aromatic carbocycles. The van der Waals surface area contributed by atoms with Gasteiger partial charge in [0, 0.05) is 35.4 Å². The van der Waals surface area contributed by atoms with Gasteiger partial charge in [-0.05, 0) is 19.1 Å². The molecule has 1 heterocycles. The van der Waals surface area contributed by atoms with Gasteiger partial charge in [-0.3, -0.25) is 4.68 Å². The third-order valence-corrected chi connectivity index (χ3v) is 2.89. The van der Waals surface area contributed by atoms with E-state index in [1.54, 1.807) is 12.3 Å². The molecule has 0 saturated heterocycles. The van der Waals surface area contributed by atoms with Crippen molar-refractivity contribution in [2.45, 2.75) is 26.6 Å². The molecule has 0 aliphatic rings. The van der Waals surface area contributed by atoms with E-state index in [1.807, 2.05) is 29.9 Å². The molecule has 2 rings (SSSR count). The van der Waals surface area contributed by atoms with E-state index in [0.717, 1.165) is 23.4 Å². The molecule has 0 saturated carbocycles. The Morgan fingerprint density at radius 3 is 2.94 bits per heavy atom. The van der Waals surface area contributed by atoms with Crippen LogP contribution in [0.1, 0.15) is 18.1 Å².